The van der Waals surface area contributed by atoms with Crippen molar-refractivity contribution < 1.29 is 23.8 Å². The maximum atomic E-state index is 12.4. The fraction of sp³-hybridized carbons (Fsp3) is 0.208. The van der Waals surface area contributed by atoms with Crippen molar-refractivity contribution >= 4 is 11.8 Å². The first-order valence-electron chi connectivity index (χ1n) is 10.2. The number of pyridine rings is 1. The van der Waals surface area contributed by atoms with E-state index in [1.54, 1.807) is 31.2 Å². The highest BCUT2D eigenvalue weighted by Gasteiger charge is 2.16. The van der Waals surface area contributed by atoms with E-state index in [0.717, 1.165) is 5.56 Å². The Hall–Kier alpha value is -4.07. The number of aromatic nitrogens is 1. The number of amides is 2. The average molecular weight is 435 g/mol. The van der Waals surface area contributed by atoms with Crippen LogP contribution in [0, 0.1) is 0 Å². The fourth-order valence-corrected chi connectivity index (χ4v) is 2.69. The number of rotatable bonds is 9. The summed E-state index contributed by atoms with van der Waals surface area (Å²) in [6.07, 6.45) is 0.643. The van der Waals surface area contributed by atoms with Gasteiger partial charge in [0.1, 0.15) is 18.1 Å². The third-order valence-electron chi connectivity index (χ3n) is 4.34. The number of hydrogen-bond donors (Lipinski definition) is 2. The molecule has 1 unspecified atom stereocenters. The summed E-state index contributed by atoms with van der Waals surface area (Å²) in [5.41, 5.74) is 6.01. The molecule has 0 radical (unpaired) electrons. The van der Waals surface area contributed by atoms with E-state index in [1.807, 2.05) is 37.3 Å². The highest BCUT2D eigenvalue weighted by Crippen LogP contribution is 2.18. The molecule has 0 spiro atoms. The van der Waals surface area contributed by atoms with E-state index in [0.29, 0.717) is 36.2 Å². The molecule has 2 aromatic carbocycles. The minimum atomic E-state index is -0.824. The molecule has 0 aliphatic carbocycles. The van der Waals surface area contributed by atoms with Gasteiger partial charge in [-0.3, -0.25) is 20.4 Å². The van der Waals surface area contributed by atoms with Crippen LogP contribution in [0.5, 0.6) is 17.4 Å². The van der Waals surface area contributed by atoms with E-state index in [-0.39, 0.29) is 0 Å². The van der Waals surface area contributed by atoms with Gasteiger partial charge in [-0.2, -0.15) is 0 Å². The molecule has 32 heavy (non-hydrogen) atoms. The summed E-state index contributed by atoms with van der Waals surface area (Å²) in [7, 11) is 0. The van der Waals surface area contributed by atoms with Crippen molar-refractivity contribution in [3.05, 3.63) is 84.1 Å². The lowest BCUT2D eigenvalue weighted by molar-refractivity contribution is -0.128. The Morgan fingerprint density at radius 3 is 2.38 bits per heavy atom. The second-order valence-electron chi connectivity index (χ2n) is 6.76. The van der Waals surface area contributed by atoms with Crippen LogP contribution >= 0.6 is 0 Å². The number of nitrogens with one attached hydrogen (secondary N) is 2. The Balaban J connectivity index is 1.48. The summed E-state index contributed by atoms with van der Waals surface area (Å²) in [6.45, 7) is 4.38. The number of hydrazine groups is 1. The van der Waals surface area contributed by atoms with E-state index < -0.39 is 17.9 Å². The Kier molecular flexibility index (Phi) is 8.02. The quantitative estimate of drug-likeness (QED) is 0.501. The van der Waals surface area contributed by atoms with Crippen molar-refractivity contribution in [3.8, 4) is 17.4 Å². The first kappa shape index (κ1) is 22.6. The highest BCUT2D eigenvalue weighted by atomic mass is 16.5. The third-order valence-corrected chi connectivity index (χ3v) is 4.34. The van der Waals surface area contributed by atoms with Crippen molar-refractivity contribution in [2.24, 2.45) is 0 Å². The van der Waals surface area contributed by atoms with Crippen molar-refractivity contribution in [1.29, 1.82) is 0 Å². The monoisotopic (exact) mass is 435 g/mol. The predicted octanol–water partition coefficient (Wildman–Crippen LogP) is 3.29. The smallest absolute Gasteiger partial charge is 0.279 e. The molecule has 0 fully saturated rings. The molecule has 1 atom stereocenters. The van der Waals surface area contributed by atoms with Gasteiger partial charge in [-0.25, -0.2) is 4.98 Å². The molecule has 3 aromatic rings. The topological polar surface area (TPSA) is 98.8 Å². The summed E-state index contributed by atoms with van der Waals surface area (Å²) in [4.78, 5) is 28.8. The van der Waals surface area contributed by atoms with Crippen LogP contribution in [0.3, 0.4) is 0 Å². The molecule has 8 heteroatoms. The molecule has 3 rings (SSSR count). The predicted molar refractivity (Wildman–Crippen MR) is 118 cm³/mol. The van der Waals surface area contributed by atoms with Gasteiger partial charge in [0, 0.05) is 17.8 Å². The zero-order valence-corrected chi connectivity index (χ0v) is 17.9. The number of hydrogen-bond acceptors (Lipinski definition) is 6. The summed E-state index contributed by atoms with van der Waals surface area (Å²) < 4.78 is 16.6. The highest BCUT2D eigenvalue weighted by molar-refractivity contribution is 5.95. The minimum Gasteiger partial charge on any atom is -0.494 e. The third kappa shape index (κ3) is 6.73. The van der Waals surface area contributed by atoms with Gasteiger partial charge in [-0.15, -0.1) is 0 Å². The van der Waals surface area contributed by atoms with E-state index >= 15 is 0 Å². The van der Waals surface area contributed by atoms with Crippen LogP contribution in [0.4, 0.5) is 0 Å². The zero-order chi connectivity index (χ0) is 22.8. The van der Waals surface area contributed by atoms with Crippen LogP contribution in [0.2, 0.25) is 0 Å². The first-order chi connectivity index (χ1) is 15.5. The zero-order valence-electron chi connectivity index (χ0n) is 17.9. The summed E-state index contributed by atoms with van der Waals surface area (Å²) in [5.74, 6) is 0.533. The standard InChI is InChI=1S/C24H25N3O5/c1-3-30-20-9-11-21(12-10-20)32-17(2)23(28)26-27-24(29)19-13-14-25-22(15-19)31-16-18-7-5-4-6-8-18/h4-15,17H,3,16H2,1-2H3,(H,26,28)(H,27,29). The lowest BCUT2D eigenvalue weighted by Crippen LogP contribution is -2.47. The first-order valence-corrected chi connectivity index (χ1v) is 10.2. The van der Waals surface area contributed by atoms with Crippen LogP contribution < -0.4 is 25.1 Å². The Morgan fingerprint density at radius 1 is 0.938 bits per heavy atom. The van der Waals surface area contributed by atoms with E-state index in [1.165, 1.54) is 18.3 Å². The number of nitrogens with zero attached hydrogens (tertiary/aromatic N) is 1. The molecule has 1 aromatic heterocycles. The van der Waals surface area contributed by atoms with Crippen molar-refractivity contribution in [2.45, 2.75) is 26.6 Å². The molecule has 0 aliphatic heterocycles. The summed E-state index contributed by atoms with van der Waals surface area (Å²) in [5, 5.41) is 0. The van der Waals surface area contributed by atoms with Gasteiger partial charge >= 0.3 is 0 Å². The van der Waals surface area contributed by atoms with Crippen LogP contribution in [0.25, 0.3) is 0 Å². The second kappa shape index (κ2) is 11.4. The maximum Gasteiger partial charge on any atom is 0.279 e. The molecule has 0 aliphatic rings. The largest absolute Gasteiger partial charge is 0.494 e. The fourth-order valence-electron chi connectivity index (χ4n) is 2.69. The lowest BCUT2D eigenvalue weighted by atomic mass is 10.2. The molecule has 0 saturated carbocycles. The van der Waals surface area contributed by atoms with Crippen molar-refractivity contribution in [3.63, 3.8) is 0 Å². The molecule has 8 nitrogen and oxygen atoms in total. The van der Waals surface area contributed by atoms with E-state index in [9.17, 15) is 9.59 Å². The Bertz CT molecular complexity index is 1030. The molecule has 0 bridgehead atoms. The van der Waals surface area contributed by atoms with Crippen LogP contribution in [-0.2, 0) is 11.4 Å². The van der Waals surface area contributed by atoms with Crippen molar-refractivity contribution in [2.75, 3.05) is 6.61 Å². The van der Waals surface area contributed by atoms with E-state index in [2.05, 4.69) is 15.8 Å². The van der Waals surface area contributed by atoms with Gasteiger partial charge in [0.25, 0.3) is 11.8 Å². The normalized spacial score (nSPS) is 11.2. The Labute approximate surface area is 186 Å². The molecule has 166 valence electrons. The van der Waals surface area contributed by atoms with Crippen LogP contribution in [-0.4, -0.2) is 29.5 Å². The lowest BCUT2D eigenvalue weighted by Gasteiger charge is -2.15. The van der Waals surface area contributed by atoms with Gasteiger partial charge < -0.3 is 14.2 Å². The van der Waals surface area contributed by atoms with E-state index in [4.69, 9.17) is 14.2 Å². The van der Waals surface area contributed by atoms with Gasteiger partial charge in [0.2, 0.25) is 5.88 Å². The van der Waals surface area contributed by atoms with Gasteiger partial charge in [0.15, 0.2) is 6.10 Å². The SMILES string of the molecule is CCOc1ccc(OC(C)C(=O)NNC(=O)c2ccnc(OCc3ccccc3)c2)cc1. The second-order valence-corrected chi connectivity index (χ2v) is 6.76. The van der Waals surface area contributed by atoms with Gasteiger partial charge in [-0.05, 0) is 49.7 Å². The molecule has 1 heterocycles. The number of benzene rings is 2. The Morgan fingerprint density at radius 2 is 1.66 bits per heavy atom. The molecule has 2 N–H and O–H groups in total. The van der Waals surface area contributed by atoms with Crippen molar-refractivity contribution in [1.82, 2.24) is 15.8 Å². The van der Waals surface area contributed by atoms with Gasteiger partial charge in [-0.1, -0.05) is 30.3 Å². The molecular weight excluding hydrogens is 410 g/mol. The molecule has 2 amide bonds. The maximum absolute atomic E-state index is 12.4. The number of ether oxygens (including phenoxy) is 3. The molecular formula is C24H25N3O5. The van der Waals surface area contributed by atoms with Crippen LogP contribution in [0.1, 0.15) is 29.8 Å². The summed E-state index contributed by atoms with van der Waals surface area (Å²) >= 11 is 0. The summed E-state index contributed by atoms with van der Waals surface area (Å²) in [6, 6.07) is 19.6. The van der Waals surface area contributed by atoms with Crippen LogP contribution in [0.15, 0.2) is 72.9 Å². The molecule has 0 saturated heterocycles. The number of carbonyl (C=O) groups excluding carboxylic acids is 2. The number of carbonyl (C=O) groups is 2. The minimum absolute atomic E-state index is 0.295. The van der Waals surface area contributed by atoms with Gasteiger partial charge in [0.05, 0.1) is 6.61 Å². The average Bonchev–Trinajstić information content (AvgIpc) is 2.83.